The van der Waals surface area contributed by atoms with Crippen molar-refractivity contribution in [3.63, 3.8) is 0 Å². The fourth-order valence-corrected chi connectivity index (χ4v) is 1.75. The van der Waals surface area contributed by atoms with Gasteiger partial charge >= 0.3 is 0 Å². The lowest BCUT2D eigenvalue weighted by atomic mass is 10.2. The van der Waals surface area contributed by atoms with Gasteiger partial charge in [-0.2, -0.15) is 5.10 Å². The Bertz CT molecular complexity index is 615. The highest BCUT2D eigenvalue weighted by Crippen LogP contribution is 2.25. The summed E-state index contributed by atoms with van der Waals surface area (Å²) in [6.07, 6.45) is 1.74. The molecule has 0 unspecified atom stereocenters. The molecule has 0 bridgehead atoms. The van der Waals surface area contributed by atoms with E-state index in [1.165, 1.54) is 0 Å². The number of hydrogen-bond acceptors (Lipinski definition) is 2. The van der Waals surface area contributed by atoms with Crippen LogP contribution in [-0.4, -0.2) is 15.2 Å². The quantitative estimate of drug-likeness (QED) is 0.611. The Hall–Kier alpha value is -1.61. The van der Waals surface area contributed by atoms with E-state index >= 15 is 0 Å². The molecule has 3 aromatic rings. The molecule has 3 rings (SSSR count). The van der Waals surface area contributed by atoms with Crippen LogP contribution in [0, 0.1) is 0 Å². The van der Waals surface area contributed by atoms with Crippen molar-refractivity contribution in [1.29, 1.82) is 0 Å². The van der Waals surface area contributed by atoms with E-state index in [2.05, 4.69) is 15.2 Å². The van der Waals surface area contributed by atoms with Gasteiger partial charge in [-0.15, -0.1) is 0 Å². The molecule has 0 spiro atoms. The third-order valence-electron chi connectivity index (χ3n) is 2.25. The number of pyridine rings is 1. The predicted molar refractivity (Wildman–Crippen MR) is 56.4 cm³/mol. The van der Waals surface area contributed by atoms with Crippen molar-refractivity contribution >= 4 is 33.4 Å². The van der Waals surface area contributed by atoms with Gasteiger partial charge in [0, 0.05) is 11.6 Å². The van der Waals surface area contributed by atoms with Crippen LogP contribution in [0.25, 0.3) is 21.8 Å². The first-order valence-corrected chi connectivity index (χ1v) is 4.61. The van der Waals surface area contributed by atoms with Gasteiger partial charge in [-0.3, -0.25) is 10.1 Å². The van der Waals surface area contributed by atoms with Gasteiger partial charge in [0.15, 0.2) is 0 Å². The second kappa shape index (κ2) is 2.69. The second-order valence-electron chi connectivity index (χ2n) is 3.08. The van der Waals surface area contributed by atoms with Crippen LogP contribution in [0.5, 0.6) is 0 Å². The van der Waals surface area contributed by atoms with Crippen molar-refractivity contribution in [2.45, 2.75) is 0 Å². The molecule has 0 amide bonds. The highest BCUT2D eigenvalue weighted by molar-refractivity contribution is 6.35. The Morgan fingerprint density at radius 2 is 2.00 bits per heavy atom. The number of nitrogens with zero attached hydrogens (tertiary/aromatic N) is 2. The summed E-state index contributed by atoms with van der Waals surface area (Å²) in [5, 5.41) is 9.32. The molecule has 4 heteroatoms. The van der Waals surface area contributed by atoms with Crippen LogP contribution in [0.3, 0.4) is 0 Å². The summed E-state index contributed by atoms with van der Waals surface area (Å²) in [5.41, 5.74) is 1.81. The standard InChI is InChI=1S/C10H6ClN3/c11-10-7-5-12-8-4-2-1-3-6(8)9(7)13-14-10/h1-5H,(H,13,14). The number of para-hydroxylation sites is 1. The van der Waals surface area contributed by atoms with E-state index in [-0.39, 0.29) is 0 Å². The van der Waals surface area contributed by atoms with Gasteiger partial charge < -0.3 is 0 Å². The molecule has 0 saturated heterocycles. The lowest BCUT2D eigenvalue weighted by Crippen LogP contribution is -1.79. The largest absolute Gasteiger partial charge is 0.266 e. The fraction of sp³-hybridized carbons (Fsp3) is 0. The molecule has 1 N–H and O–H groups in total. The molecule has 0 aliphatic carbocycles. The van der Waals surface area contributed by atoms with Crippen LogP contribution in [0.15, 0.2) is 30.5 Å². The number of fused-ring (bicyclic) bond motifs is 3. The number of rotatable bonds is 0. The topological polar surface area (TPSA) is 41.6 Å². The zero-order valence-corrected chi connectivity index (χ0v) is 7.92. The van der Waals surface area contributed by atoms with E-state index < -0.39 is 0 Å². The SMILES string of the molecule is Clc1[nH]nc2c1cnc1ccccc12. The van der Waals surface area contributed by atoms with Crippen molar-refractivity contribution in [3.8, 4) is 0 Å². The van der Waals surface area contributed by atoms with E-state index in [4.69, 9.17) is 11.6 Å². The van der Waals surface area contributed by atoms with Crippen LogP contribution in [0.1, 0.15) is 0 Å². The maximum atomic E-state index is 5.91. The average molecular weight is 204 g/mol. The first kappa shape index (κ1) is 7.76. The Kier molecular flexibility index (Phi) is 1.49. The zero-order valence-electron chi connectivity index (χ0n) is 7.16. The van der Waals surface area contributed by atoms with Crippen LogP contribution < -0.4 is 0 Å². The minimum atomic E-state index is 0.540. The number of aromatic amines is 1. The lowest BCUT2D eigenvalue weighted by Gasteiger charge is -1.95. The number of benzene rings is 1. The van der Waals surface area contributed by atoms with Crippen molar-refractivity contribution in [2.75, 3.05) is 0 Å². The van der Waals surface area contributed by atoms with Gasteiger partial charge in [0.2, 0.25) is 0 Å². The molecule has 68 valence electrons. The molecule has 1 aromatic carbocycles. The maximum absolute atomic E-state index is 5.91. The Labute approximate surface area is 84.7 Å². The van der Waals surface area contributed by atoms with E-state index in [0.29, 0.717) is 5.15 Å². The van der Waals surface area contributed by atoms with E-state index in [1.54, 1.807) is 6.20 Å². The van der Waals surface area contributed by atoms with Gasteiger partial charge in [0.1, 0.15) is 10.7 Å². The molecule has 0 aliphatic heterocycles. The minimum absolute atomic E-state index is 0.540. The van der Waals surface area contributed by atoms with Crippen LogP contribution >= 0.6 is 11.6 Å². The monoisotopic (exact) mass is 203 g/mol. The highest BCUT2D eigenvalue weighted by Gasteiger charge is 2.06. The summed E-state index contributed by atoms with van der Waals surface area (Å²) in [5.74, 6) is 0. The molecule has 0 radical (unpaired) electrons. The second-order valence-corrected chi connectivity index (χ2v) is 3.45. The van der Waals surface area contributed by atoms with Gasteiger partial charge in [-0.05, 0) is 6.07 Å². The van der Waals surface area contributed by atoms with Gasteiger partial charge in [-0.1, -0.05) is 29.8 Å². The molecule has 2 aromatic heterocycles. The maximum Gasteiger partial charge on any atom is 0.133 e. The summed E-state index contributed by atoms with van der Waals surface area (Å²) >= 11 is 5.91. The number of H-pyrrole nitrogens is 1. The molecule has 0 fully saturated rings. The summed E-state index contributed by atoms with van der Waals surface area (Å²) < 4.78 is 0. The minimum Gasteiger partial charge on any atom is -0.266 e. The highest BCUT2D eigenvalue weighted by atomic mass is 35.5. The van der Waals surface area contributed by atoms with E-state index in [9.17, 15) is 0 Å². The molecule has 2 heterocycles. The summed E-state index contributed by atoms with van der Waals surface area (Å²) in [6, 6.07) is 7.86. The Morgan fingerprint density at radius 1 is 1.14 bits per heavy atom. The third kappa shape index (κ3) is 0.930. The third-order valence-corrected chi connectivity index (χ3v) is 2.54. The van der Waals surface area contributed by atoms with E-state index in [0.717, 1.165) is 21.8 Å². The van der Waals surface area contributed by atoms with Gasteiger partial charge in [0.25, 0.3) is 0 Å². The normalized spacial score (nSPS) is 11.2. The van der Waals surface area contributed by atoms with Crippen molar-refractivity contribution < 1.29 is 0 Å². The molecule has 3 nitrogen and oxygen atoms in total. The summed E-state index contributed by atoms with van der Waals surface area (Å²) in [7, 11) is 0. The van der Waals surface area contributed by atoms with E-state index in [1.807, 2.05) is 24.3 Å². The van der Waals surface area contributed by atoms with Gasteiger partial charge in [0.05, 0.1) is 10.9 Å². The molecule has 0 saturated carbocycles. The summed E-state index contributed by atoms with van der Waals surface area (Å²) in [6.45, 7) is 0. The average Bonchev–Trinajstić information content (AvgIpc) is 2.61. The molecule has 0 atom stereocenters. The molecular formula is C10H6ClN3. The Morgan fingerprint density at radius 3 is 2.93 bits per heavy atom. The predicted octanol–water partition coefficient (Wildman–Crippen LogP) is 2.76. The van der Waals surface area contributed by atoms with Crippen molar-refractivity contribution in [1.82, 2.24) is 15.2 Å². The summed E-state index contributed by atoms with van der Waals surface area (Å²) in [4.78, 5) is 4.30. The first-order chi connectivity index (χ1) is 6.86. The molecule has 0 aliphatic rings. The molecular weight excluding hydrogens is 198 g/mol. The van der Waals surface area contributed by atoms with Crippen LogP contribution in [-0.2, 0) is 0 Å². The van der Waals surface area contributed by atoms with Crippen molar-refractivity contribution in [3.05, 3.63) is 35.6 Å². The number of hydrogen-bond donors (Lipinski definition) is 1. The van der Waals surface area contributed by atoms with Crippen molar-refractivity contribution in [2.24, 2.45) is 0 Å². The lowest BCUT2D eigenvalue weighted by molar-refractivity contribution is 1.12. The van der Waals surface area contributed by atoms with Gasteiger partial charge in [-0.25, -0.2) is 0 Å². The first-order valence-electron chi connectivity index (χ1n) is 4.23. The van der Waals surface area contributed by atoms with Crippen LogP contribution in [0.2, 0.25) is 5.15 Å². The molecule has 14 heavy (non-hydrogen) atoms. The zero-order chi connectivity index (χ0) is 9.54. The number of nitrogens with one attached hydrogen (secondary N) is 1. The smallest absolute Gasteiger partial charge is 0.133 e. The Balaban J connectivity index is 2.61. The number of halogens is 1. The number of aromatic nitrogens is 3. The fourth-order valence-electron chi connectivity index (χ4n) is 1.57. The van der Waals surface area contributed by atoms with Crippen LogP contribution in [0.4, 0.5) is 0 Å².